The highest BCUT2D eigenvalue weighted by molar-refractivity contribution is 7.13. The van der Waals surface area contributed by atoms with Crippen molar-refractivity contribution in [1.29, 1.82) is 0 Å². The number of hydrogen-bond donors (Lipinski definition) is 1. The quantitative estimate of drug-likeness (QED) is 0.535. The van der Waals surface area contributed by atoms with Crippen molar-refractivity contribution in [1.82, 2.24) is 19.9 Å². The van der Waals surface area contributed by atoms with E-state index in [2.05, 4.69) is 15.4 Å². The van der Waals surface area contributed by atoms with Crippen LogP contribution in [0.1, 0.15) is 48.8 Å². The summed E-state index contributed by atoms with van der Waals surface area (Å²) in [6.07, 6.45) is 0.0135. The maximum Gasteiger partial charge on any atom is 0.433 e. The summed E-state index contributed by atoms with van der Waals surface area (Å²) >= 11 is 7.61. The normalized spacial score (nSPS) is 24.1. The minimum atomic E-state index is -4.69. The minimum Gasteiger partial charge on any atom is -0.348 e. The number of alkyl halides is 3. The number of nitrogens with zero attached hydrogens (tertiary/aromatic N) is 3. The van der Waals surface area contributed by atoms with Crippen molar-refractivity contribution in [3.8, 4) is 10.6 Å². The number of rotatable bonds is 4. The Labute approximate surface area is 185 Å². The number of hydrogen-bond acceptors (Lipinski definition) is 4. The summed E-state index contributed by atoms with van der Waals surface area (Å²) in [6, 6.07) is 4.24. The number of thiophene rings is 1. The van der Waals surface area contributed by atoms with Gasteiger partial charge in [-0.25, -0.2) is 9.50 Å². The summed E-state index contributed by atoms with van der Waals surface area (Å²) in [4.78, 5) is 17.8. The zero-order chi connectivity index (χ0) is 21.9. The largest absolute Gasteiger partial charge is 0.433 e. The van der Waals surface area contributed by atoms with Gasteiger partial charge >= 0.3 is 6.18 Å². The molecule has 10 heteroatoms. The lowest BCUT2D eigenvalue weighted by atomic mass is 9.84. The van der Waals surface area contributed by atoms with E-state index < -0.39 is 17.8 Å². The highest BCUT2D eigenvalue weighted by Gasteiger charge is 2.42. The molecule has 5 rings (SSSR count). The summed E-state index contributed by atoms with van der Waals surface area (Å²) < 4.78 is 41.9. The summed E-state index contributed by atoms with van der Waals surface area (Å²) in [5.74, 6) is 1.13. The SMILES string of the molecule is C[C@H](NC(=O)c1nn2c(C(F)(F)F)cc(-c3cccs3)nc2c1Cl)[C@@H]1C[C@@H]2CC[C@@H]1C2. The Morgan fingerprint density at radius 3 is 2.77 bits per heavy atom. The summed E-state index contributed by atoms with van der Waals surface area (Å²) in [6.45, 7) is 1.95. The fourth-order valence-electron chi connectivity index (χ4n) is 5.18. The first-order valence-electron chi connectivity index (χ1n) is 10.2. The molecule has 2 aliphatic rings. The zero-order valence-corrected chi connectivity index (χ0v) is 18.2. The molecule has 2 aliphatic carbocycles. The van der Waals surface area contributed by atoms with Crippen molar-refractivity contribution in [3.05, 3.63) is 40.0 Å². The van der Waals surface area contributed by atoms with Crippen LogP contribution in [0.5, 0.6) is 0 Å². The number of carbonyl (C=O) groups excluding carboxylic acids is 1. The van der Waals surface area contributed by atoms with Gasteiger partial charge in [-0.3, -0.25) is 4.79 Å². The van der Waals surface area contributed by atoms with Gasteiger partial charge in [-0.2, -0.15) is 18.3 Å². The fraction of sp³-hybridized carbons (Fsp3) is 0.476. The maximum atomic E-state index is 13.8. The van der Waals surface area contributed by atoms with Gasteiger partial charge in [-0.15, -0.1) is 11.3 Å². The second kappa shape index (κ2) is 7.48. The van der Waals surface area contributed by atoms with E-state index in [0.29, 0.717) is 21.2 Å². The number of amides is 1. The molecule has 0 aliphatic heterocycles. The molecule has 2 saturated carbocycles. The lowest BCUT2D eigenvalue weighted by Gasteiger charge is -2.28. The van der Waals surface area contributed by atoms with Gasteiger partial charge < -0.3 is 5.32 Å². The number of carbonyl (C=O) groups is 1. The predicted molar refractivity (Wildman–Crippen MR) is 112 cm³/mol. The molecular weight excluding hydrogens is 449 g/mol. The average molecular weight is 469 g/mol. The van der Waals surface area contributed by atoms with Crippen LogP contribution in [0.15, 0.2) is 23.6 Å². The van der Waals surface area contributed by atoms with Crippen LogP contribution >= 0.6 is 22.9 Å². The molecule has 0 radical (unpaired) electrons. The molecule has 0 aromatic carbocycles. The molecule has 31 heavy (non-hydrogen) atoms. The van der Waals surface area contributed by atoms with Gasteiger partial charge in [0, 0.05) is 6.04 Å². The van der Waals surface area contributed by atoms with Crippen molar-refractivity contribution in [2.24, 2.45) is 17.8 Å². The van der Waals surface area contributed by atoms with Crippen molar-refractivity contribution >= 4 is 34.5 Å². The van der Waals surface area contributed by atoms with Crippen LogP contribution in [0.4, 0.5) is 13.2 Å². The molecular formula is C21H20ClF3N4OS. The second-order valence-corrected chi connectivity index (χ2v) is 9.83. The Hall–Kier alpha value is -2.13. The van der Waals surface area contributed by atoms with Crippen LogP contribution in [-0.4, -0.2) is 26.5 Å². The van der Waals surface area contributed by atoms with Crippen molar-refractivity contribution in [3.63, 3.8) is 0 Å². The van der Waals surface area contributed by atoms with E-state index in [4.69, 9.17) is 11.6 Å². The van der Waals surface area contributed by atoms with Gasteiger partial charge in [0.25, 0.3) is 5.91 Å². The molecule has 3 heterocycles. The monoisotopic (exact) mass is 468 g/mol. The molecule has 2 fully saturated rings. The molecule has 0 saturated heterocycles. The van der Waals surface area contributed by atoms with E-state index in [0.717, 1.165) is 18.4 Å². The third-order valence-electron chi connectivity index (χ3n) is 6.61. The first kappa shape index (κ1) is 20.8. The molecule has 4 atom stereocenters. The molecule has 1 N–H and O–H groups in total. The van der Waals surface area contributed by atoms with E-state index in [1.54, 1.807) is 17.5 Å². The molecule has 164 valence electrons. The third-order valence-corrected chi connectivity index (χ3v) is 7.85. The third kappa shape index (κ3) is 3.61. The lowest BCUT2D eigenvalue weighted by Crippen LogP contribution is -2.40. The zero-order valence-electron chi connectivity index (χ0n) is 16.6. The van der Waals surface area contributed by atoms with Crippen LogP contribution < -0.4 is 5.32 Å². The molecule has 5 nitrogen and oxygen atoms in total. The Bertz CT molecular complexity index is 1140. The molecule has 3 aromatic heterocycles. The summed E-state index contributed by atoms with van der Waals surface area (Å²) in [5, 5.41) is 8.41. The minimum absolute atomic E-state index is 0.0968. The van der Waals surface area contributed by atoms with Gasteiger partial charge in [-0.05, 0) is 61.5 Å². The Balaban J connectivity index is 1.50. The first-order valence-corrected chi connectivity index (χ1v) is 11.5. The fourth-order valence-corrected chi connectivity index (χ4v) is 6.11. The molecule has 2 bridgehead atoms. The standard InChI is InChI=1S/C21H20ClF3N4OS/c1-10(13-8-11-4-5-12(13)7-11)26-20(30)18-17(22)19-27-14(15-3-2-6-31-15)9-16(21(23,24)25)29(19)28-18/h2-3,6,9-13H,4-5,7-8H2,1H3,(H,26,30)/t10-,11+,12+,13-/m0/s1. The van der Waals surface area contributed by atoms with Gasteiger partial charge in [0.2, 0.25) is 0 Å². The van der Waals surface area contributed by atoms with Gasteiger partial charge in [0.1, 0.15) is 5.02 Å². The predicted octanol–water partition coefficient (Wildman–Crippen LogP) is 5.68. The van der Waals surface area contributed by atoms with Gasteiger partial charge in [0.15, 0.2) is 17.0 Å². The Kier molecular flexibility index (Phi) is 5.01. The number of halogens is 4. The second-order valence-electron chi connectivity index (χ2n) is 8.50. The maximum absolute atomic E-state index is 13.8. The van der Waals surface area contributed by atoms with Crippen LogP contribution in [-0.2, 0) is 6.18 Å². The number of fused-ring (bicyclic) bond motifs is 3. The van der Waals surface area contributed by atoms with Gasteiger partial charge in [-0.1, -0.05) is 24.1 Å². The average Bonchev–Trinajstić information content (AvgIpc) is 3.51. The number of aromatic nitrogens is 3. The Morgan fingerprint density at radius 1 is 1.35 bits per heavy atom. The van der Waals surface area contributed by atoms with E-state index in [-0.39, 0.29) is 28.1 Å². The highest BCUT2D eigenvalue weighted by atomic mass is 35.5. The Morgan fingerprint density at radius 2 is 2.16 bits per heavy atom. The smallest absolute Gasteiger partial charge is 0.348 e. The van der Waals surface area contributed by atoms with Crippen LogP contribution in [0, 0.1) is 17.8 Å². The van der Waals surface area contributed by atoms with E-state index in [9.17, 15) is 18.0 Å². The number of nitrogens with one attached hydrogen (secondary N) is 1. The van der Waals surface area contributed by atoms with Crippen molar-refractivity contribution < 1.29 is 18.0 Å². The van der Waals surface area contributed by atoms with Crippen molar-refractivity contribution in [2.75, 3.05) is 0 Å². The van der Waals surface area contributed by atoms with E-state index in [1.165, 1.54) is 30.6 Å². The van der Waals surface area contributed by atoms with E-state index in [1.807, 2.05) is 6.92 Å². The van der Waals surface area contributed by atoms with Crippen LogP contribution in [0.3, 0.4) is 0 Å². The summed E-state index contributed by atoms with van der Waals surface area (Å²) in [7, 11) is 0. The highest BCUT2D eigenvalue weighted by Crippen LogP contribution is 2.49. The van der Waals surface area contributed by atoms with E-state index >= 15 is 0 Å². The topological polar surface area (TPSA) is 59.3 Å². The van der Waals surface area contributed by atoms with Crippen LogP contribution in [0.25, 0.3) is 16.2 Å². The summed E-state index contributed by atoms with van der Waals surface area (Å²) in [5.41, 5.74) is -1.31. The molecule has 0 unspecified atom stereocenters. The van der Waals surface area contributed by atoms with Gasteiger partial charge in [0.05, 0.1) is 10.6 Å². The molecule has 0 spiro atoms. The van der Waals surface area contributed by atoms with Crippen LogP contribution in [0.2, 0.25) is 5.02 Å². The molecule has 3 aromatic rings. The van der Waals surface area contributed by atoms with Crippen molar-refractivity contribution in [2.45, 2.75) is 44.8 Å². The molecule has 1 amide bonds. The first-order chi connectivity index (χ1) is 14.7. The lowest BCUT2D eigenvalue weighted by molar-refractivity contribution is -0.142.